The second-order valence-corrected chi connectivity index (χ2v) is 8.92. The van der Waals surface area contributed by atoms with Crippen molar-refractivity contribution in [2.75, 3.05) is 0 Å². The van der Waals surface area contributed by atoms with Gasteiger partial charge in [-0.15, -0.1) is 22.7 Å². The molecule has 0 N–H and O–H groups in total. The van der Waals surface area contributed by atoms with E-state index in [4.69, 9.17) is 0 Å². The molecule has 0 fully saturated rings. The van der Waals surface area contributed by atoms with Gasteiger partial charge in [-0.2, -0.15) is 8.80 Å². The van der Waals surface area contributed by atoms with Gasteiger partial charge in [0.05, 0.1) is 16.6 Å². The van der Waals surface area contributed by atoms with Crippen molar-refractivity contribution in [3.05, 3.63) is 89.8 Å². The van der Waals surface area contributed by atoms with E-state index >= 15 is 0 Å². The molecule has 0 aliphatic carbocycles. The van der Waals surface area contributed by atoms with Crippen LogP contribution in [-0.4, -0.2) is 11.7 Å². The molecule has 160 valence electrons. The van der Waals surface area contributed by atoms with E-state index in [-0.39, 0.29) is 0 Å². The fraction of sp³-hybridized carbons (Fsp3) is 0. The van der Waals surface area contributed by atoms with E-state index in [1.165, 1.54) is 43.1 Å². The summed E-state index contributed by atoms with van der Waals surface area (Å²) >= 11 is 3.59. The number of nitrogens with zero attached hydrogens (tertiary/aromatic N) is 2. The topological polar surface area (TPSA) is 8.51 Å². The van der Waals surface area contributed by atoms with Gasteiger partial charge >= 0.3 is 7.25 Å². The molecular weight excluding hydrogens is 455 g/mol. The van der Waals surface area contributed by atoms with Crippen LogP contribution in [0.4, 0.5) is 17.3 Å². The second-order valence-electron chi connectivity index (χ2n) is 7.03. The van der Waals surface area contributed by atoms with E-state index in [1.54, 1.807) is 22.7 Å². The van der Waals surface area contributed by atoms with Crippen LogP contribution in [0, 0.1) is 0 Å². The normalized spacial score (nSPS) is 11.8. The monoisotopic (exact) mass is 470 g/mol. The van der Waals surface area contributed by atoms with Crippen LogP contribution in [0.1, 0.15) is 0 Å². The number of para-hydroxylation sites is 1. The molecule has 0 spiro atoms. The van der Waals surface area contributed by atoms with Crippen molar-refractivity contribution in [2.24, 2.45) is 0 Å². The molecule has 0 saturated carbocycles. The van der Waals surface area contributed by atoms with Crippen molar-refractivity contribution in [1.29, 1.82) is 0 Å². The highest BCUT2D eigenvalue weighted by molar-refractivity contribution is 7.14. The van der Waals surface area contributed by atoms with Crippen molar-refractivity contribution < 1.29 is 21.7 Å². The first kappa shape index (κ1) is 20.7. The molecule has 6 rings (SSSR count). The minimum Gasteiger partial charge on any atom is -0.418 e. The Kier molecular flexibility index (Phi) is 5.23. The van der Waals surface area contributed by atoms with E-state index in [2.05, 4.69) is 98.6 Å². The Morgan fingerprint density at radius 3 is 2.06 bits per heavy atom. The molecule has 0 unspecified atom stereocenters. The summed E-state index contributed by atoms with van der Waals surface area (Å²) in [6.45, 7) is 0. The van der Waals surface area contributed by atoms with Crippen LogP contribution in [0.15, 0.2) is 89.8 Å². The Hall–Kier alpha value is -3.17. The number of hydrogen-bond acceptors (Lipinski definition) is 2. The van der Waals surface area contributed by atoms with E-state index in [0.29, 0.717) is 0 Å². The molecule has 0 saturated heterocycles. The Morgan fingerprint density at radius 1 is 0.719 bits per heavy atom. The summed E-state index contributed by atoms with van der Waals surface area (Å²) < 4.78 is 43.7. The van der Waals surface area contributed by atoms with E-state index in [9.17, 15) is 17.3 Å². The zero-order valence-corrected chi connectivity index (χ0v) is 18.1. The van der Waals surface area contributed by atoms with Crippen LogP contribution in [0.3, 0.4) is 0 Å². The van der Waals surface area contributed by atoms with Gasteiger partial charge in [0.15, 0.2) is 5.69 Å². The molecule has 9 heteroatoms. The number of pyridine rings is 1. The summed E-state index contributed by atoms with van der Waals surface area (Å²) in [5.41, 5.74) is 6.24. The van der Waals surface area contributed by atoms with Gasteiger partial charge in [0.1, 0.15) is 11.0 Å². The van der Waals surface area contributed by atoms with Gasteiger partial charge in [-0.1, -0.05) is 36.4 Å². The van der Waals surface area contributed by atoms with Crippen LogP contribution in [0.25, 0.3) is 43.1 Å². The number of thiophene rings is 2. The molecular formula is C23H15BF4N2S2. The van der Waals surface area contributed by atoms with Crippen molar-refractivity contribution in [3.63, 3.8) is 0 Å². The number of halogens is 4. The highest BCUT2D eigenvalue weighted by Crippen LogP contribution is 2.40. The van der Waals surface area contributed by atoms with Crippen molar-refractivity contribution in [3.8, 4) is 21.0 Å². The third-order valence-electron chi connectivity index (χ3n) is 5.03. The largest absolute Gasteiger partial charge is 0.673 e. The van der Waals surface area contributed by atoms with Gasteiger partial charge < -0.3 is 17.3 Å². The summed E-state index contributed by atoms with van der Waals surface area (Å²) in [6, 6.07) is 26.1. The maximum absolute atomic E-state index is 9.75. The molecule has 0 aliphatic rings. The molecule has 32 heavy (non-hydrogen) atoms. The Balaban J connectivity index is 0.000000393. The lowest BCUT2D eigenvalue weighted by molar-refractivity contribution is -0.501. The summed E-state index contributed by atoms with van der Waals surface area (Å²) in [6.07, 6.45) is 2.18. The van der Waals surface area contributed by atoms with Gasteiger partial charge in [-0.3, -0.25) is 0 Å². The minimum atomic E-state index is -6.00. The lowest BCUT2D eigenvalue weighted by Gasteiger charge is -2.09. The van der Waals surface area contributed by atoms with Crippen molar-refractivity contribution >= 4 is 52.0 Å². The third-order valence-corrected chi connectivity index (χ3v) is 6.80. The lowest BCUT2D eigenvalue weighted by Crippen LogP contribution is -2.27. The number of rotatable bonds is 2. The van der Waals surface area contributed by atoms with Crippen LogP contribution in [0.5, 0.6) is 0 Å². The summed E-state index contributed by atoms with van der Waals surface area (Å²) in [7, 11) is -6.00. The molecule has 5 heterocycles. The smallest absolute Gasteiger partial charge is 0.418 e. The predicted molar refractivity (Wildman–Crippen MR) is 125 cm³/mol. The van der Waals surface area contributed by atoms with Crippen LogP contribution >= 0.6 is 22.7 Å². The van der Waals surface area contributed by atoms with Gasteiger partial charge in [0.25, 0.3) is 5.65 Å². The first-order chi connectivity index (χ1) is 15.4. The maximum Gasteiger partial charge on any atom is 0.673 e. The van der Waals surface area contributed by atoms with Gasteiger partial charge in [-0.25, -0.2) is 0 Å². The average Bonchev–Trinajstić information content (AvgIpc) is 3.52. The van der Waals surface area contributed by atoms with Crippen LogP contribution in [-0.2, 0) is 0 Å². The number of fused-ring (bicyclic) bond motifs is 5. The summed E-state index contributed by atoms with van der Waals surface area (Å²) in [5.74, 6) is 0. The van der Waals surface area contributed by atoms with Crippen LogP contribution < -0.4 is 4.40 Å². The molecule has 0 aliphatic heterocycles. The number of benzene rings is 1. The highest BCUT2D eigenvalue weighted by atomic mass is 32.1. The standard InChI is InChI=1S/C23H15N2S2.BF4/c1-2-8-17-16(7-1)15-18-22(19-9-5-13-26-19)23(20-10-6-14-27-20)24-12-4-3-11-21(24)25(17)18;2-1(3,4)5/h1-15H;/q+1;-1. The van der Waals surface area contributed by atoms with Crippen molar-refractivity contribution in [1.82, 2.24) is 4.40 Å². The quantitative estimate of drug-likeness (QED) is 0.140. The lowest BCUT2D eigenvalue weighted by atomic mass is 10.1. The minimum absolute atomic E-state index is 1.18. The summed E-state index contributed by atoms with van der Waals surface area (Å²) in [5, 5.41) is 5.58. The van der Waals surface area contributed by atoms with Gasteiger partial charge in [-0.05, 0) is 41.1 Å². The first-order valence-corrected chi connectivity index (χ1v) is 11.5. The number of hydrogen-bond donors (Lipinski definition) is 0. The highest BCUT2D eigenvalue weighted by Gasteiger charge is 2.26. The fourth-order valence-corrected chi connectivity index (χ4v) is 5.50. The van der Waals surface area contributed by atoms with Crippen LogP contribution in [0.2, 0.25) is 0 Å². The Labute approximate surface area is 188 Å². The average molecular weight is 470 g/mol. The molecule has 1 aromatic carbocycles. The molecule has 6 aromatic rings. The van der Waals surface area contributed by atoms with E-state index in [1.807, 2.05) is 0 Å². The predicted octanol–water partition coefficient (Wildman–Crippen LogP) is 7.59. The first-order valence-electron chi connectivity index (χ1n) is 9.73. The fourth-order valence-electron chi connectivity index (χ4n) is 3.95. The zero-order chi connectivity index (χ0) is 22.3. The molecule has 2 nitrogen and oxygen atoms in total. The summed E-state index contributed by atoms with van der Waals surface area (Å²) in [4.78, 5) is 2.58. The number of aromatic nitrogens is 2. The van der Waals surface area contributed by atoms with Crippen molar-refractivity contribution in [2.45, 2.75) is 0 Å². The zero-order valence-electron chi connectivity index (χ0n) is 16.5. The Bertz CT molecular complexity index is 1520. The molecule has 5 aromatic heterocycles. The molecule has 0 radical (unpaired) electrons. The maximum atomic E-state index is 9.75. The SMILES string of the molecule is F[B-](F)(F)F.c1csc(-c2c(-c3cccs3)[n+]3ccccc3n3c2cc2ccccc23)c1. The second kappa shape index (κ2) is 8.07. The molecule has 0 amide bonds. The molecule has 0 atom stereocenters. The van der Waals surface area contributed by atoms with Gasteiger partial charge in [0.2, 0.25) is 0 Å². The molecule has 0 bridgehead atoms. The van der Waals surface area contributed by atoms with E-state index in [0.717, 1.165) is 0 Å². The van der Waals surface area contributed by atoms with E-state index < -0.39 is 7.25 Å². The third kappa shape index (κ3) is 3.78. The Morgan fingerprint density at radius 2 is 1.38 bits per heavy atom. The van der Waals surface area contributed by atoms with Gasteiger partial charge in [0, 0.05) is 16.3 Å².